The zero-order valence-electron chi connectivity index (χ0n) is 11.3. The van der Waals surface area contributed by atoms with Crippen LogP contribution in [-0.2, 0) is 11.3 Å². The van der Waals surface area contributed by atoms with Crippen molar-refractivity contribution in [1.82, 2.24) is 4.90 Å². The number of amides is 1. The summed E-state index contributed by atoms with van der Waals surface area (Å²) in [5, 5.41) is 0. The Morgan fingerprint density at radius 3 is 2.67 bits per heavy atom. The lowest BCUT2D eigenvalue weighted by Crippen LogP contribution is -2.50. The van der Waals surface area contributed by atoms with E-state index in [0.717, 1.165) is 18.6 Å². The molecule has 0 unspecified atom stereocenters. The third-order valence-electron chi connectivity index (χ3n) is 3.38. The maximum Gasteiger partial charge on any atom is 0.240 e. The van der Waals surface area contributed by atoms with Crippen LogP contribution in [0.3, 0.4) is 0 Å². The normalized spacial score (nSPS) is 17.6. The van der Waals surface area contributed by atoms with E-state index in [1.165, 1.54) is 0 Å². The van der Waals surface area contributed by atoms with Gasteiger partial charge in [0.1, 0.15) is 5.76 Å². The standard InChI is InChI=1S/C14H22N2O2/c1-14(2,3)12(15)13(17)16(10-6-7-10)9-11-5-4-8-18-11/h4-5,8,10,12H,6-7,9,15H2,1-3H3/t12-/m1/s1. The minimum absolute atomic E-state index is 0.0291. The van der Waals surface area contributed by atoms with Crippen molar-refractivity contribution in [1.29, 1.82) is 0 Å². The molecule has 1 heterocycles. The summed E-state index contributed by atoms with van der Waals surface area (Å²) in [7, 11) is 0. The van der Waals surface area contributed by atoms with E-state index in [1.54, 1.807) is 6.26 Å². The molecule has 1 saturated carbocycles. The number of hydrogen-bond acceptors (Lipinski definition) is 3. The van der Waals surface area contributed by atoms with Gasteiger partial charge in [0.15, 0.2) is 0 Å². The topological polar surface area (TPSA) is 59.5 Å². The molecule has 4 nitrogen and oxygen atoms in total. The van der Waals surface area contributed by atoms with Crippen molar-refractivity contribution in [2.45, 2.75) is 52.2 Å². The van der Waals surface area contributed by atoms with Gasteiger partial charge in [0.2, 0.25) is 5.91 Å². The summed E-state index contributed by atoms with van der Waals surface area (Å²) in [6.07, 6.45) is 3.78. The molecule has 1 aliphatic carbocycles. The SMILES string of the molecule is CC(C)(C)[C@H](N)C(=O)N(Cc1ccco1)C1CC1. The lowest BCUT2D eigenvalue weighted by Gasteiger charge is -2.31. The molecular weight excluding hydrogens is 228 g/mol. The number of nitrogens with two attached hydrogens (primary N) is 1. The van der Waals surface area contributed by atoms with Gasteiger partial charge in [0, 0.05) is 6.04 Å². The van der Waals surface area contributed by atoms with E-state index in [0.29, 0.717) is 12.6 Å². The third-order valence-corrected chi connectivity index (χ3v) is 3.38. The van der Waals surface area contributed by atoms with Crippen molar-refractivity contribution in [2.75, 3.05) is 0 Å². The molecule has 1 fully saturated rings. The van der Waals surface area contributed by atoms with Crippen molar-refractivity contribution >= 4 is 5.91 Å². The first-order chi connectivity index (χ1) is 8.39. The monoisotopic (exact) mass is 250 g/mol. The van der Waals surface area contributed by atoms with Crippen LogP contribution in [0.25, 0.3) is 0 Å². The fraction of sp³-hybridized carbons (Fsp3) is 0.643. The predicted octanol–water partition coefficient (Wildman–Crippen LogP) is 2.14. The highest BCUT2D eigenvalue weighted by Crippen LogP contribution is 2.31. The zero-order valence-corrected chi connectivity index (χ0v) is 11.3. The summed E-state index contributed by atoms with van der Waals surface area (Å²) in [6.45, 7) is 6.51. The lowest BCUT2D eigenvalue weighted by atomic mass is 9.86. The Morgan fingerprint density at radius 1 is 1.56 bits per heavy atom. The molecule has 0 aromatic carbocycles. The summed E-state index contributed by atoms with van der Waals surface area (Å²) in [5.74, 6) is 0.845. The highest BCUT2D eigenvalue weighted by molar-refractivity contribution is 5.83. The van der Waals surface area contributed by atoms with E-state index in [9.17, 15) is 4.79 Å². The van der Waals surface area contributed by atoms with E-state index < -0.39 is 6.04 Å². The van der Waals surface area contributed by atoms with Gasteiger partial charge in [0.25, 0.3) is 0 Å². The van der Waals surface area contributed by atoms with Crippen molar-refractivity contribution in [3.63, 3.8) is 0 Å². The zero-order chi connectivity index (χ0) is 13.3. The molecule has 4 heteroatoms. The number of rotatable bonds is 4. The predicted molar refractivity (Wildman–Crippen MR) is 69.7 cm³/mol. The van der Waals surface area contributed by atoms with Gasteiger partial charge in [-0.1, -0.05) is 20.8 Å². The Kier molecular flexibility index (Phi) is 3.48. The number of carbonyl (C=O) groups excluding carboxylic acids is 1. The molecule has 1 amide bonds. The van der Waals surface area contributed by atoms with Gasteiger partial charge in [-0.05, 0) is 30.4 Å². The van der Waals surface area contributed by atoms with Crippen molar-refractivity contribution < 1.29 is 9.21 Å². The first kappa shape index (κ1) is 13.1. The summed E-state index contributed by atoms with van der Waals surface area (Å²) in [4.78, 5) is 14.3. The lowest BCUT2D eigenvalue weighted by molar-refractivity contribution is -0.136. The Hall–Kier alpha value is -1.29. The number of nitrogens with zero attached hydrogens (tertiary/aromatic N) is 1. The second-order valence-corrected chi connectivity index (χ2v) is 6.12. The quantitative estimate of drug-likeness (QED) is 0.890. The fourth-order valence-electron chi connectivity index (χ4n) is 1.89. The van der Waals surface area contributed by atoms with Crippen LogP contribution in [0.4, 0.5) is 0 Å². The molecule has 2 rings (SSSR count). The highest BCUT2D eigenvalue weighted by atomic mass is 16.3. The van der Waals surface area contributed by atoms with Crippen LogP contribution in [0, 0.1) is 5.41 Å². The molecule has 0 saturated heterocycles. The molecule has 0 aliphatic heterocycles. The van der Waals surface area contributed by atoms with Gasteiger partial charge in [-0.2, -0.15) is 0 Å². The first-order valence-electron chi connectivity index (χ1n) is 6.48. The molecule has 1 atom stereocenters. The van der Waals surface area contributed by atoms with E-state index in [-0.39, 0.29) is 11.3 Å². The van der Waals surface area contributed by atoms with E-state index in [4.69, 9.17) is 10.2 Å². The average molecular weight is 250 g/mol. The van der Waals surface area contributed by atoms with Crippen LogP contribution in [0.2, 0.25) is 0 Å². The van der Waals surface area contributed by atoms with Gasteiger partial charge < -0.3 is 15.1 Å². The van der Waals surface area contributed by atoms with Crippen LogP contribution in [0.5, 0.6) is 0 Å². The minimum Gasteiger partial charge on any atom is -0.467 e. The van der Waals surface area contributed by atoms with Crippen LogP contribution in [0.1, 0.15) is 39.4 Å². The molecule has 2 N–H and O–H groups in total. The Morgan fingerprint density at radius 2 is 2.22 bits per heavy atom. The smallest absolute Gasteiger partial charge is 0.240 e. The van der Waals surface area contributed by atoms with Gasteiger partial charge in [-0.3, -0.25) is 4.79 Å². The second-order valence-electron chi connectivity index (χ2n) is 6.12. The minimum atomic E-state index is -0.465. The molecule has 0 bridgehead atoms. The highest BCUT2D eigenvalue weighted by Gasteiger charge is 2.38. The van der Waals surface area contributed by atoms with Crippen LogP contribution < -0.4 is 5.73 Å². The largest absolute Gasteiger partial charge is 0.467 e. The summed E-state index contributed by atoms with van der Waals surface area (Å²) in [5.41, 5.74) is 5.85. The number of furan rings is 1. The third kappa shape index (κ3) is 2.93. The molecule has 1 aliphatic rings. The number of hydrogen-bond donors (Lipinski definition) is 1. The molecule has 18 heavy (non-hydrogen) atoms. The van der Waals surface area contributed by atoms with Crippen LogP contribution >= 0.6 is 0 Å². The van der Waals surface area contributed by atoms with Gasteiger partial charge in [-0.25, -0.2) is 0 Å². The summed E-state index contributed by atoms with van der Waals surface area (Å²) >= 11 is 0. The first-order valence-corrected chi connectivity index (χ1v) is 6.48. The molecule has 0 spiro atoms. The summed E-state index contributed by atoms with van der Waals surface area (Å²) in [6, 6.07) is 3.61. The molecule has 1 aromatic heterocycles. The average Bonchev–Trinajstić information content (AvgIpc) is 3.00. The number of carbonyl (C=O) groups is 1. The van der Waals surface area contributed by atoms with Crippen LogP contribution in [-0.4, -0.2) is 22.9 Å². The van der Waals surface area contributed by atoms with Gasteiger partial charge in [0.05, 0.1) is 18.8 Å². The van der Waals surface area contributed by atoms with E-state index in [2.05, 4.69) is 0 Å². The molecule has 1 aromatic rings. The maximum atomic E-state index is 12.5. The van der Waals surface area contributed by atoms with E-state index >= 15 is 0 Å². The Balaban J connectivity index is 2.08. The van der Waals surface area contributed by atoms with Crippen molar-refractivity contribution in [2.24, 2.45) is 11.1 Å². The fourth-order valence-corrected chi connectivity index (χ4v) is 1.89. The van der Waals surface area contributed by atoms with E-state index in [1.807, 2.05) is 37.8 Å². The maximum absolute atomic E-state index is 12.5. The molecule has 100 valence electrons. The Labute approximate surface area is 108 Å². The van der Waals surface area contributed by atoms with Gasteiger partial charge >= 0.3 is 0 Å². The van der Waals surface area contributed by atoms with Gasteiger partial charge in [-0.15, -0.1) is 0 Å². The Bertz CT molecular complexity index is 402. The summed E-state index contributed by atoms with van der Waals surface area (Å²) < 4.78 is 5.32. The molecule has 0 radical (unpaired) electrons. The second kappa shape index (κ2) is 4.76. The van der Waals surface area contributed by atoms with Crippen molar-refractivity contribution in [3.8, 4) is 0 Å². The van der Waals surface area contributed by atoms with Crippen LogP contribution in [0.15, 0.2) is 22.8 Å². The molecular formula is C14H22N2O2. The van der Waals surface area contributed by atoms with Crippen molar-refractivity contribution in [3.05, 3.63) is 24.2 Å².